The third kappa shape index (κ3) is 3.06. The Hall–Kier alpha value is -0.900. The van der Waals surface area contributed by atoms with Gasteiger partial charge in [0.25, 0.3) is 0 Å². The summed E-state index contributed by atoms with van der Waals surface area (Å²) in [4.78, 5) is 4.41. The molecule has 4 heteroatoms. The molecule has 2 rings (SSSR count). The van der Waals surface area contributed by atoms with Crippen molar-refractivity contribution in [3.8, 4) is 0 Å². The van der Waals surface area contributed by atoms with Crippen molar-refractivity contribution in [3.05, 3.63) is 12.2 Å². The topological polar surface area (TPSA) is 42.7 Å². The van der Waals surface area contributed by atoms with Gasteiger partial charge >= 0.3 is 0 Å². The molecule has 1 heterocycles. The first-order chi connectivity index (χ1) is 8.02. The fourth-order valence-electron chi connectivity index (χ4n) is 2.18. The number of hydrogen-bond donors (Lipinski definition) is 1. The maximum atomic E-state index is 4.41. The zero-order valence-corrected chi connectivity index (χ0v) is 11.4. The van der Waals surface area contributed by atoms with Crippen LogP contribution in [0.2, 0.25) is 0 Å². The molecule has 1 aromatic heterocycles. The van der Waals surface area contributed by atoms with E-state index in [9.17, 15) is 0 Å². The van der Waals surface area contributed by atoms with E-state index in [2.05, 4.69) is 47.8 Å². The number of rotatable bonds is 6. The smallest absolute Gasteiger partial charge is 0.138 e. The molecule has 0 amide bonds. The van der Waals surface area contributed by atoms with Crippen molar-refractivity contribution in [1.82, 2.24) is 20.1 Å². The molecule has 0 aromatic carbocycles. The monoisotopic (exact) mass is 236 g/mol. The van der Waals surface area contributed by atoms with Crippen molar-refractivity contribution in [1.29, 1.82) is 0 Å². The lowest BCUT2D eigenvalue weighted by atomic mass is 10.0. The molecule has 1 saturated carbocycles. The first-order valence-electron chi connectivity index (χ1n) is 6.64. The summed E-state index contributed by atoms with van der Waals surface area (Å²) in [5.74, 6) is 1.14. The summed E-state index contributed by atoms with van der Waals surface area (Å²) >= 11 is 0. The third-order valence-electron chi connectivity index (χ3n) is 3.51. The second-order valence-corrected chi connectivity index (χ2v) is 5.93. The van der Waals surface area contributed by atoms with E-state index in [1.54, 1.807) is 6.33 Å². The highest BCUT2D eigenvalue weighted by atomic mass is 15.3. The van der Waals surface area contributed by atoms with Crippen LogP contribution in [0, 0.1) is 5.41 Å². The van der Waals surface area contributed by atoms with E-state index in [1.807, 2.05) is 0 Å². The summed E-state index contributed by atoms with van der Waals surface area (Å²) in [6.07, 6.45) is 5.38. The van der Waals surface area contributed by atoms with Gasteiger partial charge in [-0.15, -0.1) is 0 Å². The molecule has 1 fully saturated rings. The zero-order valence-electron chi connectivity index (χ0n) is 11.4. The highest BCUT2D eigenvalue weighted by Gasteiger charge is 2.43. The highest BCUT2D eigenvalue weighted by molar-refractivity contribution is 5.03. The van der Waals surface area contributed by atoms with Gasteiger partial charge in [0.1, 0.15) is 12.2 Å². The lowest BCUT2D eigenvalue weighted by Crippen LogP contribution is -2.31. The Morgan fingerprint density at radius 3 is 2.59 bits per heavy atom. The summed E-state index contributed by atoms with van der Waals surface area (Å²) < 4.78 is 2.05. The van der Waals surface area contributed by atoms with Gasteiger partial charge in [-0.2, -0.15) is 5.10 Å². The standard InChI is InChI=1S/C13H24N4/c1-10(2)14-8-13(5-6-13)7-12-15-9-16-17(12)11(3)4/h9-11,14H,5-8H2,1-4H3. The fraction of sp³-hybridized carbons (Fsp3) is 0.846. The molecule has 0 aliphatic heterocycles. The average molecular weight is 236 g/mol. The van der Waals surface area contributed by atoms with E-state index in [1.165, 1.54) is 12.8 Å². The maximum Gasteiger partial charge on any atom is 0.138 e. The van der Waals surface area contributed by atoms with Gasteiger partial charge in [-0.3, -0.25) is 0 Å². The first-order valence-corrected chi connectivity index (χ1v) is 6.64. The molecule has 1 aromatic rings. The van der Waals surface area contributed by atoms with E-state index < -0.39 is 0 Å². The van der Waals surface area contributed by atoms with E-state index in [-0.39, 0.29) is 0 Å². The zero-order chi connectivity index (χ0) is 12.5. The fourth-order valence-corrected chi connectivity index (χ4v) is 2.18. The molecule has 0 saturated heterocycles. The molecule has 0 bridgehead atoms. The SMILES string of the molecule is CC(C)NCC1(Cc2ncnn2C(C)C)CC1. The van der Waals surface area contributed by atoms with Crippen LogP contribution in [0.15, 0.2) is 6.33 Å². The normalized spacial score (nSPS) is 18.0. The molecule has 1 aliphatic rings. The molecule has 1 aliphatic carbocycles. The minimum Gasteiger partial charge on any atom is -0.314 e. The Morgan fingerprint density at radius 2 is 2.06 bits per heavy atom. The number of hydrogen-bond acceptors (Lipinski definition) is 3. The van der Waals surface area contributed by atoms with Crippen LogP contribution in [0.3, 0.4) is 0 Å². The second-order valence-electron chi connectivity index (χ2n) is 5.93. The van der Waals surface area contributed by atoms with Crippen LogP contribution in [0.5, 0.6) is 0 Å². The summed E-state index contributed by atoms with van der Waals surface area (Å²) in [7, 11) is 0. The van der Waals surface area contributed by atoms with Gasteiger partial charge in [0, 0.05) is 25.0 Å². The van der Waals surface area contributed by atoms with Crippen molar-refractivity contribution in [2.24, 2.45) is 5.41 Å². The van der Waals surface area contributed by atoms with Crippen LogP contribution in [0.25, 0.3) is 0 Å². The molecule has 0 unspecified atom stereocenters. The average Bonchev–Trinajstić information content (AvgIpc) is 2.84. The maximum absolute atomic E-state index is 4.41. The van der Waals surface area contributed by atoms with E-state index >= 15 is 0 Å². The van der Waals surface area contributed by atoms with E-state index in [4.69, 9.17) is 0 Å². The third-order valence-corrected chi connectivity index (χ3v) is 3.51. The van der Waals surface area contributed by atoms with Gasteiger partial charge in [0.05, 0.1) is 0 Å². The van der Waals surface area contributed by atoms with Gasteiger partial charge in [-0.1, -0.05) is 13.8 Å². The Balaban J connectivity index is 1.98. The number of aromatic nitrogens is 3. The minimum atomic E-state index is 0.404. The number of nitrogens with one attached hydrogen (secondary N) is 1. The predicted molar refractivity (Wildman–Crippen MR) is 68.9 cm³/mol. The molecule has 0 radical (unpaired) electrons. The largest absolute Gasteiger partial charge is 0.314 e. The van der Waals surface area contributed by atoms with Crippen LogP contribution in [-0.4, -0.2) is 27.4 Å². The molecule has 0 spiro atoms. The van der Waals surface area contributed by atoms with Crippen LogP contribution < -0.4 is 5.32 Å². The van der Waals surface area contributed by atoms with Gasteiger partial charge < -0.3 is 5.32 Å². The molecule has 96 valence electrons. The Kier molecular flexibility index (Phi) is 3.52. The Labute approximate surface area is 104 Å². The summed E-state index contributed by atoms with van der Waals surface area (Å²) in [6.45, 7) is 9.82. The van der Waals surface area contributed by atoms with Crippen LogP contribution in [0.4, 0.5) is 0 Å². The van der Waals surface area contributed by atoms with Gasteiger partial charge in [-0.05, 0) is 32.1 Å². The van der Waals surface area contributed by atoms with Crippen molar-refractivity contribution in [3.63, 3.8) is 0 Å². The molecular formula is C13H24N4. The first kappa shape index (κ1) is 12.6. The highest BCUT2D eigenvalue weighted by Crippen LogP contribution is 2.47. The van der Waals surface area contributed by atoms with Crippen LogP contribution in [0.1, 0.15) is 52.4 Å². The molecule has 4 nitrogen and oxygen atoms in total. The van der Waals surface area contributed by atoms with Crippen molar-refractivity contribution < 1.29 is 0 Å². The molecule has 1 N–H and O–H groups in total. The second kappa shape index (κ2) is 4.77. The van der Waals surface area contributed by atoms with Crippen molar-refractivity contribution in [2.45, 2.75) is 59.0 Å². The quantitative estimate of drug-likeness (QED) is 0.823. The van der Waals surface area contributed by atoms with Crippen molar-refractivity contribution >= 4 is 0 Å². The molecule has 0 atom stereocenters. The Morgan fingerprint density at radius 1 is 1.35 bits per heavy atom. The lowest BCUT2D eigenvalue weighted by Gasteiger charge is -2.18. The lowest BCUT2D eigenvalue weighted by molar-refractivity contribution is 0.401. The molecule has 17 heavy (non-hydrogen) atoms. The van der Waals surface area contributed by atoms with Gasteiger partial charge in [0.2, 0.25) is 0 Å². The van der Waals surface area contributed by atoms with E-state index in [0.29, 0.717) is 17.5 Å². The summed E-state index contributed by atoms with van der Waals surface area (Å²) in [6, 6.07) is 0.969. The number of nitrogens with zero attached hydrogens (tertiary/aromatic N) is 3. The van der Waals surface area contributed by atoms with Crippen LogP contribution >= 0.6 is 0 Å². The Bertz CT molecular complexity index is 363. The van der Waals surface area contributed by atoms with Crippen LogP contribution in [-0.2, 0) is 6.42 Å². The summed E-state index contributed by atoms with van der Waals surface area (Å²) in [5, 5.41) is 7.86. The predicted octanol–water partition coefficient (Wildman–Crippen LogP) is 2.18. The van der Waals surface area contributed by atoms with Crippen molar-refractivity contribution in [2.75, 3.05) is 6.54 Å². The minimum absolute atomic E-state index is 0.404. The van der Waals surface area contributed by atoms with E-state index in [0.717, 1.165) is 18.8 Å². The van der Waals surface area contributed by atoms with Gasteiger partial charge in [0.15, 0.2) is 0 Å². The summed E-state index contributed by atoms with van der Waals surface area (Å²) in [5.41, 5.74) is 0.448. The molecular weight excluding hydrogens is 212 g/mol. The van der Waals surface area contributed by atoms with Gasteiger partial charge in [-0.25, -0.2) is 9.67 Å².